The van der Waals surface area contributed by atoms with Gasteiger partial charge in [-0.3, -0.25) is 4.79 Å². The normalized spacial score (nSPS) is 12.8. The molecule has 1 amide bonds. The van der Waals surface area contributed by atoms with Crippen LogP contribution in [0.25, 0.3) is 10.1 Å². The number of carbonyl (C=O) groups is 2. The van der Waals surface area contributed by atoms with Crippen molar-refractivity contribution in [3.8, 4) is 0 Å². The van der Waals surface area contributed by atoms with Crippen LogP contribution >= 0.6 is 11.3 Å². The fourth-order valence-corrected chi connectivity index (χ4v) is 3.25. The highest BCUT2D eigenvalue weighted by atomic mass is 32.1. The van der Waals surface area contributed by atoms with Crippen molar-refractivity contribution in [1.29, 1.82) is 0 Å². The number of nitrogens with one attached hydrogen (secondary N) is 1. The zero-order valence-corrected chi connectivity index (χ0v) is 15.2. The molecular formula is C17H23N3O3S. The number of nitrogens with zero attached hydrogens (tertiary/aromatic N) is 1. The summed E-state index contributed by atoms with van der Waals surface area (Å²) in [5.41, 5.74) is 5.26. The monoisotopic (exact) mass is 349 g/mol. The number of hydrogen-bond donors (Lipinski definition) is 2. The van der Waals surface area contributed by atoms with Gasteiger partial charge < -0.3 is 15.8 Å². The number of rotatable bonds is 5. The maximum Gasteiger partial charge on any atom is 0.408 e. The van der Waals surface area contributed by atoms with Gasteiger partial charge in [0.15, 0.2) is 5.78 Å². The Morgan fingerprint density at radius 2 is 2.12 bits per heavy atom. The number of aryl methyl sites for hydroxylation is 1. The van der Waals surface area contributed by atoms with E-state index in [0.29, 0.717) is 18.7 Å². The van der Waals surface area contributed by atoms with Crippen LogP contribution in [0.15, 0.2) is 18.3 Å². The number of ketones is 1. The number of carbonyl (C=O) groups excluding carboxylic acids is 2. The molecule has 0 unspecified atom stereocenters. The van der Waals surface area contributed by atoms with Crippen LogP contribution in [0.3, 0.4) is 0 Å². The number of hydrogen-bond acceptors (Lipinski definition) is 6. The lowest BCUT2D eigenvalue weighted by Gasteiger charge is -2.21. The summed E-state index contributed by atoms with van der Waals surface area (Å²) < 4.78 is 6.21. The van der Waals surface area contributed by atoms with E-state index in [2.05, 4.69) is 10.3 Å². The standard InChI is InChI=1S/C17H23N3O3S/c1-10(20-16(22)23-17(2,3)4)13(21)6-5-11-9-12-14(24-11)7-8-19-15(12)18/h7-10H,5-6H2,1-4H3,(H2,18,19)(H,20,22)/t10-/m0/s1. The Kier molecular flexibility index (Phi) is 5.43. The minimum absolute atomic E-state index is 0.0376. The summed E-state index contributed by atoms with van der Waals surface area (Å²) in [7, 11) is 0. The predicted molar refractivity (Wildman–Crippen MR) is 96.2 cm³/mol. The van der Waals surface area contributed by atoms with E-state index in [-0.39, 0.29) is 5.78 Å². The zero-order valence-electron chi connectivity index (χ0n) is 14.4. The Labute approximate surface area is 145 Å². The van der Waals surface area contributed by atoms with Crippen molar-refractivity contribution >= 4 is 39.1 Å². The van der Waals surface area contributed by atoms with E-state index in [0.717, 1.165) is 15.0 Å². The van der Waals surface area contributed by atoms with Crippen LogP contribution in [-0.4, -0.2) is 28.5 Å². The molecule has 1 atom stereocenters. The molecular weight excluding hydrogens is 326 g/mol. The minimum atomic E-state index is -0.585. The lowest BCUT2D eigenvalue weighted by molar-refractivity contribution is -0.120. The van der Waals surface area contributed by atoms with Gasteiger partial charge in [0.25, 0.3) is 0 Å². The van der Waals surface area contributed by atoms with Crippen LogP contribution in [0.1, 0.15) is 39.0 Å². The van der Waals surface area contributed by atoms with E-state index in [9.17, 15) is 9.59 Å². The number of thiophene rings is 1. The second-order valence-electron chi connectivity index (χ2n) is 6.65. The molecule has 0 aromatic carbocycles. The first kappa shape index (κ1) is 18.2. The number of anilines is 1. The molecule has 2 heterocycles. The van der Waals surface area contributed by atoms with Crippen LogP contribution in [-0.2, 0) is 16.0 Å². The number of alkyl carbamates (subject to hydrolysis) is 1. The molecule has 2 aromatic rings. The third-order valence-electron chi connectivity index (χ3n) is 3.36. The van der Waals surface area contributed by atoms with Crippen molar-refractivity contribution < 1.29 is 14.3 Å². The number of fused-ring (bicyclic) bond motifs is 1. The first-order valence-corrected chi connectivity index (χ1v) is 8.62. The average Bonchev–Trinajstić information content (AvgIpc) is 2.87. The molecule has 0 aliphatic carbocycles. The molecule has 7 heteroatoms. The number of Topliss-reactive ketones (excluding diaryl/α,β-unsaturated/α-hetero) is 1. The predicted octanol–water partition coefficient (Wildman–Crippen LogP) is 3.29. The minimum Gasteiger partial charge on any atom is -0.444 e. The van der Waals surface area contributed by atoms with Gasteiger partial charge >= 0.3 is 6.09 Å². The Morgan fingerprint density at radius 3 is 2.75 bits per heavy atom. The van der Waals surface area contributed by atoms with Crippen molar-refractivity contribution in [2.75, 3.05) is 5.73 Å². The van der Waals surface area contributed by atoms with Crippen molar-refractivity contribution in [2.24, 2.45) is 0 Å². The van der Waals surface area contributed by atoms with Gasteiger partial charge in [-0.2, -0.15) is 0 Å². The van der Waals surface area contributed by atoms with Gasteiger partial charge in [0.2, 0.25) is 0 Å². The van der Waals surface area contributed by atoms with Crippen molar-refractivity contribution in [1.82, 2.24) is 10.3 Å². The lowest BCUT2D eigenvalue weighted by atomic mass is 10.1. The average molecular weight is 349 g/mol. The maximum atomic E-state index is 12.2. The smallest absolute Gasteiger partial charge is 0.408 e. The summed E-state index contributed by atoms with van der Waals surface area (Å²) >= 11 is 1.60. The second-order valence-corrected chi connectivity index (χ2v) is 7.82. The summed E-state index contributed by atoms with van der Waals surface area (Å²) in [4.78, 5) is 29.0. The van der Waals surface area contributed by atoms with E-state index >= 15 is 0 Å². The van der Waals surface area contributed by atoms with Gasteiger partial charge in [-0.05, 0) is 46.2 Å². The molecule has 24 heavy (non-hydrogen) atoms. The molecule has 6 nitrogen and oxygen atoms in total. The molecule has 130 valence electrons. The Hall–Kier alpha value is -2.15. The molecule has 0 saturated carbocycles. The van der Waals surface area contributed by atoms with Gasteiger partial charge in [-0.1, -0.05) is 0 Å². The van der Waals surface area contributed by atoms with Gasteiger partial charge in [0.1, 0.15) is 11.4 Å². The number of pyridine rings is 1. The van der Waals surface area contributed by atoms with Gasteiger partial charge in [-0.15, -0.1) is 11.3 Å². The van der Waals surface area contributed by atoms with Gasteiger partial charge in [0.05, 0.1) is 6.04 Å². The van der Waals surface area contributed by atoms with Crippen LogP contribution in [0.4, 0.5) is 10.6 Å². The highest BCUT2D eigenvalue weighted by molar-refractivity contribution is 7.19. The Bertz CT molecular complexity index is 749. The highest BCUT2D eigenvalue weighted by Crippen LogP contribution is 2.29. The number of nitrogen functional groups attached to an aromatic ring is 1. The summed E-state index contributed by atoms with van der Waals surface area (Å²) in [6, 6.07) is 3.30. The van der Waals surface area contributed by atoms with Crippen LogP contribution in [0.5, 0.6) is 0 Å². The van der Waals surface area contributed by atoms with Crippen LogP contribution in [0.2, 0.25) is 0 Å². The van der Waals surface area contributed by atoms with Crippen molar-refractivity contribution in [3.63, 3.8) is 0 Å². The van der Waals surface area contributed by atoms with E-state index < -0.39 is 17.7 Å². The lowest BCUT2D eigenvalue weighted by Crippen LogP contribution is -2.41. The number of aromatic nitrogens is 1. The van der Waals surface area contributed by atoms with E-state index in [4.69, 9.17) is 10.5 Å². The fourth-order valence-electron chi connectivity index (χ4n) is 2.19. The molecule has 0 aliphatic heterocycles. The fraction of sp³-hybridized carbons (Fsp3) is 0.471. The first-order chi connectivity index (χ1) is 11.2. The molecule has 0 aliphatic rings. The topological polar surface area (TPSA) is 94.3 Å². The van der Waals surface area contributed by atoms with Crippen LogP contribution < -0.4 is 11.1 Å². The Balaban J connectivity index is 1.89. The SMILES string of the molecule is C[C@H](NC(=O)OC(C)(C)C)C(=O)CCc1cc2c(N)nccc2s1. The molecule has 0 bridgehead atoms. The van der Waals surface area contributed by atoms with E-state index in [1.54, 1.807) is 45.2 Å². The molecule has 0 radical (unpaired) electrons. The number of nitrogens with two attached hydrogens (primary N) is 1. The summed E-state index contributed by atoms with van der Waals surface area (Å²) in [5.74, 6) is 0.464. The zero-order chi connectivity index (χ0) is 17.9. The molecule has 2 aromatic heterocycles. The Morgan fingerprint density at radius 1 is 1.42 bits per heavy atom. The molecule has 0 saturated heterocycles. The summed E-state index contributed by atoms with van der Waals surface area (Å²) in [6.45, 7) is 7.00. The third-order valence-corrected chi connectivity index (χ3v) is 4.52. The molecule has 0 fully saturated rings. The highest BCUT2D eigenvalue weighted by Gasteiger charge is 2.21. The molecule has 3 N–H and O–H groups in total. The maximum absolute atomic E-state index is 12.2. The van der Waals surface area contributed by atoms with E-state index in [1.807, 2.05) is 12.1 Å². The van der Waals surface area contributed by atoms with Crippen LogP contribution in [0, 0.1) is 0 Å². The summed E-state index contributed by atoms with van der Waals surface area (Å²) in [6.07, 6.45) is 2.05. The quantitative estimate of drug-likeness (QED) is 0.864. The van der Waals surface area contributed by atoms with E-state index in [1.165, 1.54) is 0 Å². The van der Waals surface area contributed by atoms with Gasteiger partial charge in [-0.25, -0.2) is 9.78 Å². The van der Waals surface area contributed by atoms with Gasteiger partial charge in [0, 0.05) is 27.6 Å². The van der Waals surface area contributed by atoms with Crippen molar-refractivity contribution in [2.45, 2.75) is 52.2 Å². The third kappa shape index (κ3) is 4.92. The largest absolute Gasteiger partial charge is 0.444 e. The molecule has 2 rings (SSSR count). The first-order valence-electron chi connectivity index (χ1n) is 7.81. The second kappa shape index (κ2) is 7.17. The van der Waals surface area contributed by atoms with Crippen molar-refractivity contribution in [3.05, 3.63) is 23.2 Å². The number of ether oxygens (including phenoxy) is 1. The molecule has 0 spiro atoms. The summed E-state index contributed by atoms with van der Waals surface area (Å²) in [5, 5.41) is 3.49. The number of amides is 1.